The summed E-state index contributed by atoms with van der Waals surface area (Å²) in [5.74, 6) is -3.31. The molecule has 1 heterocycles. The Hall–Kier alpha value is -4.09. The molecule has 0 aliphatic rings. The van der Waals surface area contributed by atoms with Crippen molar-refractivity contribution in [3.63, 3.8) is 0 Å². The predicted molar refractivity (Wildman–Crippen MR) is 129 cm³/mol. The summed E-state index contributed by atoms with van der Waals surface area (Å²) in [6.45, 7) is 0.410. The number of ketones is 1. The first kappa shape index (κ1) is 26.5. The van der Waals surface area contributed by atoms with E-state index in [2.05, 4.69) is 10.3 Å². The first-order valence-corrected chi connectivity index (χ1v) is 11.3. The minimum atomic E-state index is -5.08. The summed E-state index contributed by atoms with van der Waals surface area (Å²) >= 11 is 1.33. The van der Waals surface area contributed by atoms with Gasteiger partial charge < -0.3 is 16.2 Å². The summed E-state index contributed by atoms with van der Waals surface area (Å²) < 4.78 is 32.7. The quantitative estimate of drug-likeness (QED) is 0.319. The first-order valence-electron chi connectivity index (χ1n) is 10.4. The number of para-hydroxylation sites is 1. The lowest BCUT2D eigenvalue weighted by Gasteiger charge is -2.17. The third-order valence-electron chi connectivity index (χ3n) is 4.87. The Balaban J connectivity index is 0.000000454. The number of carbonyl (C=O) groups is 3. The van der Waals surface area contributed by atoms with E-state index in [9.17, 15) is 22.8 Å². The highest BCUT2D eigenvalue weighted by Gasteiger charge is 2.38. The first-order chi connectivity index (χ1) is 17.1. The molecule has 36 heavy (non-hydrogen) atoms. The largest absolute Gasteiger partial charge is 0.490 e. The fourth-order valence-electron chi connectivity index (χ4n) is 3.05. The van der Waals surface area contributed by atoms with E-state index in [0.717, 1.165) is 15.8 Å². The summed E-state index contributed by atoms with van der Waals surface area (Å²) in [5.41, 5.74) is 8.59. The van der Waals surface area contributed by atoms with Gasteiger partial charge in [0.1, 0.15) is 6.04 Å². The number of amides is 1. The summed E-state index contributed by atoms with van der Waals surface area (Å²) in [7, 11) is 0. The van der Waals surface area contributed by atoms with Gasteiger partial charge in [0.05, 0.1) is 10.2 Å². The molecule has 0 spiro atoms. The van der Waals surface area contributed by atoms with Crippen LogP contribution in [-0.2, 0) is 11.3 Å². The van der Waals surface area contributed by atoms with Crippen LogP contribution in [0.3, 0.4) is 0 Å². The summed E-state index contributed by atoms with van der Waals surface area (Å²) in [5, 5.41) is 10.4. The van der Waals surface area contributed by atoms with Gasteiger partial charge in [-0.2, -0.15) is 13.2 Å². The number of benzene rings is 3. The Bertz CT molecular complexity index is 1320. The Labute approximate surface area is 207 Å². The van der Waals surface area contributed by atoms with Crippen LogP contribution in [0.4, 0.5) is 13.2 Å². The second-order valence-corrected chi connectivity index (χ2v) is 8.40. The van der Waals surface area contributed by atoms with Gasteiger partial charge in [-0.3, -0.25) is 9.59 Å². The van der Waals surface area contributed by atoms with Crippen LogP contribution in [0.1, 0.15) is 37.3 Å². The average Bonchev–Trinajstić information content (AvgIpc) is 3.32. The Morgan fingerprint density at radius 3 is 2.08 bits per heavy atom. The molecule has 4 N–H and O–H groups in total. The van der Waals surface area contributed by atoms with Crippen molar-refractivity contribution in [3.05, 3.63) is 101 Å². The minimum absolute atomic E-state index is 0.240. The third kappa shape index (κ3) is 6.74. The lowest BCUT2D eigenvalue weighted by Crippen LogP contribution is -2.34. The highest BCUT2D eigenvalue weighted by Crippen LogP contribution is 2.27. The van der Waals surface area contributed by atoms with Crippen LogP contribution in [0.5, 0.6) is 0 Å². The van der Waals surface area contributed by atoms with E-state index in [1.54, 1.807) is 24.3 Å². The van der Waals surface area contributed by atoms with E-state index in [1.807, 2.05) is 54.6 Å². The second-order valence-electron chi connectivity index (χ2n) is 7.37. The maximum absolute atomic E-state index is 13.3. The summed E-state index contributed by atoms with van der Waals surface area (Å²) in [6.07, 6.45) is -5.08. The van der Waals surface area contributed by atoms with Crippen molar-refractivity contribution >= 4 is 39.2 Å². The van der Waals surface area contributed by atoms with Crippen LogP contribution < -0.4 is 11.1 Å². The van der Waals surface area contributed by atoms with Gasteiger partial charge in [-0.25, -0.2) is 9.78 Å². The molecular weight excluding hydrogens is 495 g/mol. The minimum Gasteiger partial charge on any atom is -0.475 e. The average molecular weight is 516 g/mol. The van der Waals surface area contributed by atoms with Crippen molar-refractivity contribution in [2.24, 2.45) is 5.73 Å². The lowest BCUT2D eigenvalue weighted by molar-refractivity contribution is -0.192. The number of nitrogens with two attached hydrogens (primary N) is 1. The number of fused-ring (bicyclic) bond motifs is 1. The number of halogens is 3. The van der Waals surface area contributed by atoms with E-state index >= 15 is 0 Å². The van der Waals surface area contributed by atoms with Crippen molar-refractivity contribution in [1.82, 2.24) is 10.3 Å². The topological polar surface area (TPSA) is 122 Å². The molecular formula is C25H20F3N3O4S. The van der Waals surface area contributed by atoms with Gasteiger partial charge >= 0.3 is 12.1 Å². The van der Waals surface area contributed by atoms with E-state index in [0.29, 0.717) is 22.7 Å². The molecule has 0 bridgehead atoms. The number of nitrogens with one attached hydrogen (secondary N) is 1. The van der Waals surface area contributed by atoms with Crippen LogP contribution in [0.2, 0.25) is 0 Å². The lowest BCUT2D eigenvalue weighted by atomic mass is 10.0. The van der Waals surface area contributed by atoms with Gasteiger partial charge in [-0.1, -0.05) is 54.6 Å². The van der Waals surface area contributed by atoms with E-state index in [-0.39, 0.29) is 11.7 Å². The molecule has 1 amide bonds. The Morgan fingerprint density at radius 2 is 1.53 bits per heavy atom. The standard InChI is InChI=1S/C23H19N3O2S.C2HF3O2/c24-14-15-10-12-16(13-11-15)20(26-22(28)17-6-2-1-3-7-17)21(27)23-25-18-8-4-5-9-19(18)29-23;3-2(4,5)1(6)7/h1-13,20H,14,24H2,(H,26,28);(H,6,7). The Kier molecular flexibility index (Phi) is 8.51. The summed E-state index contributed by atoms with van der Waals surface area (Å²) in [6, 6.07) is 23.0. The zero-order chi connectivity index (χ0) is 26.3. The van der Waals surface area contributed by atoms with Gasteiger partial charge in [0.15, 0.2) is 5.01 Å². The maximum Gasteiger partial charge on any atom is 0.490 e. The van der Waals surface area contributed by atoms with Crippen molar-refractivity contribution in [2.45, 2.75) is 18.8 Å². The highest BCUT2D eigenvalue weighted by molar-refractivity contribution is 7.20. The molecule has 0 radical (unpaired) electrons. The molecule has 1 atom stereocenters. The SMILES string of the molecule is NCc1ccc(C(NC(=O)c2ccccc2)C(=O)c2nc3ccccc3s2)cc1.O=C(O)C(F)(F)F. The van der Waals surface area contributed by atoms with Crippen LogP contribution in [0, 0.1) is 0 Å². The molecule has 3 aromatic carbocycles. The zero-order valence-corrected chi connectivity index (χ0v) is 19.3. The highest BCUT2D eigenvalue weighted by atomic mass is 32.1. The monoisotopic (exact) mass is 515 g/mol. The molecule has 1 aromatic heterocycles. The molecule has 0 fully saturated rings. The molecule has 0 aliphatic heterocycles. The number of aromatic nitrogens is 1. The molecule has 4 rings (SSSR count). The van der Waals surface area contributed by atoms with Gasteiger partial charge in [0.25, 0.3) is 5.91 Å². The van der Waals surface area contributed by atoms with Crippen LogP contribution >= 0.6 is 11.3 Å². The van der Waals surface area contributed by atoms with Crippen molar-refractivity contribution in [1.29, 1.82) is 0 Å². The van der Waals surface area contributed by atoms with E-state index < -0.39 is 18.2 Å². The number of Topliss-reactive ketones (excluding diaryl/α,β-unsaturated/α-hetero) is 1. The number of hydrogen-bond donors (Lipinski definition) is 3. The van der Waals surface area contributed by atoms with Crippen molar-refractivity contribution < 1.29 is 32.7 Å². The van der Waals surface area contributed by atoms with Gasteiger partial charge in [-0.15, -0.1) is 11.3 Å². The van der Waals surface area contributed by atoms with Gasteiger partial charge in [0, 0.05) is 12.1 Å². The number of carboxylic acids is 1. The fraction of sp³-hybridized carbons (Fsp3) is 0.120. The maximum atomic E-state index is 13.3. The number of carbonyl (C=O) groups excluding carboxylic acids is 2. The number of nitrogens with zero attached hydrogens (tertiary/aromatic N) is 1. The van der Waals surface area contributed by atoms with Crippen LogP contribution in [0.15, 0.2) is 78.9 Å². The summed E-state index contributed by atoms with van der Waals surface area (Å²) in [4.78, 5) is 39.5. The Morgan fingerprint density at radius 1 is 0.944 bits per heavy atom. The third-order valence-corrected chi connectivity index (χ3v) is 5.92. The number of aliphatic carboxylic acids is 1. The molecule has 0 saturated carbocycles. The number of rotatable bonds is 6. The second kappa shape index (κ2) is 11.6. The zero-order valence-electron chi connectivity index (χ0n) is 18.5. The van der Waals surface area contributed by atoms with Crippen molar-refractivity contribution in [3.8, 4) is 0 Å². The van der Waals surface area contributed by atoms with Gasteiger partial charge in [-0.05, 0) is 35.4 Å². The number of carboxylic acid groups (broad SMARTS) is 1. The smallest absolute Gasteiger partial charge is 0.475 e. The number of alkyl halides is 3. The van der Waals surface area contributed by atoms with Gasteiger partial charge in [0.2, 0.25) is 5.78 Å². The molecule has 7 nitrogen and oxygen atoms in total. The van der Waals surface area contributed by atoms with Crippen molar-refractivity contribution in [2.75, 3.05) is 0 Å². The normalized spacial score (nSPS) is 11.8. The van der Waals surface area contributed by atoms with E-state index in [4.69, 9.17) is 15.6 Å². The number of thiazole rings is 1. The molecule has 11 heteroatoms. The molecule has 1 unspecified atom stereocenters. The number of hydrogen-bond acceptors (Lipinski definition) is 6. The van der Waals surface area contributed by atoms with Crippen LogP contribution in [-0.4, -0.2) is 33.9 Å². The molecule has 0 saturated heterocycles. The van der Waals surface area contributed by atoms with Crippen LogP contribution in [0.25, 0.3) is 10.2 Å². The van der Waals surface area contributed by atoms with E-state index in [1.165, 1.54) is 11.3 Å². The fourth-order valence-corrected chi connectivity index (χ4v) is 3.99. The predicted octanol–water partition coefficient (Wildman–Crippen LogP) is 4.74. The molecule has 186 valence electrons. The molecule has 0 aliphatic carbocycles. The molecule has 4 aromatic rings.